The lowest BCUT2D eigenvalue weighted by molar-refractivity contribution is -0.140. The summed E-state index contributed by atoms with van der Waals surface area (Å²) in [4.78, 5) is 11.3. The molecule has 1 saturated heterocycles. The molecule has 0 aromatic heterocycles. The maximum Gasteiger partial charge on any atom is 0.251 e. The molecule has 0 saturated carbocycles. The second kappa shape index (κ2) is 3.87. The van der Waals surface area contributed by atoms with Crippen molar-refractivity contribution in [2.75, 3.05) is 20.1 Å². The van der Waals surface area contributed by atoms with Crippen molar-refractivity contribution in [3.05, 3.63) is 0 Å². The number of hydrogen-bond donors (Lipinski definition) is 3. The molecule has 1 unspecified atom stereocenters. The largest absolute Gasteiger partial charge is 0.380 e. The molecule has 1 atom stereocenters. The summed E-state index contributed by atoms with van der Waals surface area (Å²) in [5, 5.41) is 15.5. The minimum atomic E-state index is -1.14. The number of rotatable bonds is 1. The van der Waals surface area contributed by atoms with Gasteiger partial charge in [-0.25, -0.2) is 0 Å². The predicted octanol–water partition coefficient (Wildman–Crippen LogP) is -0.763. The molecule has 4 heteroatoms. The Kier molecular flexibility index (Phi) is 3.05. The van der Waals surface area contributed by atoms with E-state index >= 15 is 0 Å². The highest BCUT2D eigenvalue weighted by atomic mass is 16.3. The monoisotopic (exact) mass is 172 g/mol. The van der Waals surface area contributed by atoms with Gasteiger partial charge in [0.05, 0.1) is 0 Å². The van der Waals surface area contributed by atoms with E-state index in [0.29, 0.717) is 19.4 Å². The van der Waals surface area contributed by atoms with Gasteiger partial charge in [-0.05, 0) is 32.4 Å². The summed E-state index contributed by atoms with van der Waals surface area (Å²) in [6.07, 6.45) is 1.91. The second-order valence-corrected chi connectivity index (χ2v) is 3.21. The molecule has 0 aliphatic carbocycles. The third kappa shape index (κ3) is 1.95. The van der Waals surface area contributed by atoms with Crippen molar-refractivity contribution in [1.82, 2.24) is 10.6 Å². The summed E-state index contributed by atoms with van der Waals surface area (Å²) in [7, 11) is 1.55. The molecule has 1 heterocycles. The summed E-state index contributed by atoms with van der Waals surface area (Å²) >= 11 is 0. The number of amides is 1. The average molecular weight is 172 g/mol. The lowest BCUT2D eigenvalue weighted by atomic mass is 9.94. The van der Waals surface area contributed by atoms with Crippen LogP contribution in [-0.4, -0.2) is 36.8 Å². The van der Waals surface area contributed by atoms with Crippen LogP contribution in [0.2, 0.25) is 0 Å². The van der Waals surface area contributed by atoms with Gasteiger partial charge in [0.1, 0.15) is 5.60 Å². The zero-order valence-corrected chi connectivity index (χ0v) is 7.39. The third-order valence-electron chi connectivity index (χ3n) is 2.31. The molecular weight excluding hydrogens is 156 g/mol. The molecule has 1 rings (SSSR count). The fraction of sp³-hybridized carbons (Fsp3) is 0.875. The van der Waals surface area contributed by atoms with Gasteiger partial charge in [0, 0.05) is 7.05 Å². The van der Waals surface area contributed by atoms with Crippen LogP contribution in [0.5, 0.6) is 0 Å². The van der Waals surface area contributed by atoms with Gasteiger partial charge in [-0.2, -0.15) is 0 Å². The van der Waals surface area contributed by atoms with E-state index in [1.165, 1.54) is 0 Å². The van der Waals surface area contributed by atoms with Crippen LogP contribution in [0.4, 0.5) is 0 Å². The van der Waals surface area contributed by atoms with Crippen LogP contribution in [0, 0.1) is 0 Å². The summed E-state index contributed by atoms with van der Waals surface area (Å²) < 4.78 is 0. The van der Waals surface area contributed by atoms with Crippen molar-refractivity contribution < 1.29 is 9.90 Å². The molecule has 0 bridgehead atoms. The van der Waals surface area contributed by atoms with Crippen LogP contribution in [0.15, 0.2) is 0 Å². The highest BCUT2D eigenvalue weighted by molar-refractivity contribution is 5.84. The van der Waals surface area contributed by atoms with E-state index in [1.54, 1.807) is 7.05 Å². The highest BCUT2D eigenvalue weighted by Gasteiger charge is 2.34. The van der Waals surface area contributed by atoms with E-state index in [9.17, 15) is 9.90 Å². The predicted molar refractivity (Wildman–Crippen MR) is 45.7 cm³/mol. The van der Waals surface area contributed by atoms with Crippen molar-refractivity contribution in [2.45, 2.75) is 24.9 Å². The maximum absolute atomic E-state index is 11.3. The smallest absolute Gasteiger partial charge is 0.251 e. The Bertz CT molecular complexity index is 162. The van der Waals surface area contributed by atoms with E-state index in [0.717, 1.165) is 13.0 Å². The summed E-state index contributed by atoms with van der Waals surface area (Å²) in [5.41, 5.74) is -1.14. The molecule has 0 aromatic rings. The molecule has 4 nitrogen and oxygen atoms in total. The van der Waals surface area contributed by atoms with Crippen LogP contribution in [-0.2, 0) is 4.79 Å². The number of hydrogen-bond acceptors (Lipinski definition) is 3. The van der Waals surface area contributed by atoms with Gasteiger partial charge in [0.2, 0.25) is 0 Å². The van der Waals surface area contributed by atoms with E-state index in [1.807, 2.05) is 0 Å². The van der Waals surface area contributed by atoms with E-state index in [-0.39, 0.29) is 5.91 Å². The fourth-order valence-corrected chi connectivity index (χ4v) is 1.51. The minimum absolute atomic E-state index is 0.258. The van der Waals surface area contributed by atoms with Crippen molar-refractivity contribution in [2.24, 2.45) is 0 Å². The van der Waals surface area contributed by atoms with Crippen molar-refractivity contribution in [1.29, 1.82) is 0 Å². The first-order valence-corrected chi connectivity index (χ1v) is 4.34. The fourth-order valence-electron chi connectivity index (χ4n) is 1.51. The minimum Gasteiger partial charge on any atom is -0.380 e. The number of likely N-dealkylation sites (N-methyl/N-ethyl adjacent to an activating group) is 1. The average Bonchev–Trinajstić information content (AvgIpc) is 2.29. The van der Waals surface area contributed by atoms with Crippen LogP contribution >= 0.6 is 0 Å². The topological polar surface area (TPSA) is 61.4 Å². The van der Waals surface area contributed by atoms with Gasteiger partial charge in [-0.15, -0.1) is 0 Å². The normalized spacial score (nSPS) is 30.8. The first-order valence-electron chi connectivity index (χ1n) is 4.34. The molecule has 1 fully saturated rings. The summed E-state index contributed by atoms with van der Waals surface area (Å²) in [6.45, 7) is 1.60. The van der Waals surface area contributed by atoms with Gasteiger partial charge in [0.15, 0.2) is 0 Å². The van der Waals surface area contributed by atoms with E-state index in [2.05, 4.69) is 10.6 Å². The highest BCUT2D eigenvalue weighted by Crippen LogP contribution is 2.19. The molecule has 70 valence electrons. The molecule has 0 radical (unpaired) electrons. The lowest BCUT2D eigenvalue weighted by Crippen LogP contribution is -2.45. The Morgan fingerprint density at radius 1 is 1.50 bits per heavy atom. The van der Waals surface area contributed by atoms with Gasteiger partial charge in [-0.3, -0.25) is 4.79 Å². The Morgan fingerprint density at radius 2 is 2.25 bits per heavy atom. The van der Waals surface area contributed by atoms with Crippen LogP contribution in [0.25, 0.3) is 0 Å². The Balaban J connectivity index is 2.59. The van der Waals surface area contributed by atoms with Crippen molar-refractivity contribution in [3.63, 3.8) is 0 Å². The SMILES string of the molecule is CNC(=O)C1(O)CCCNCC1. The van der Waals surface area contributed by atoms with Crippen LogP contribution < -0.4 is 10.6 Å². The molecular formula is C8H16N2O2. The number of nitrogens with one attached hydrogen (secondary N) is 2. The number of carbonyl (C=O) groups excluding carboxylic acids is 1. The van der Waals surface area contributed by atoms with Crippen LogP contribution in [0.3, 0.4) is 0 Å². The molecule has 12 heavy (non-hydrogen) atoms. The first-order chi connectivity index (χ1) is 5.69. The molecule has 1 amide bonds. The van der Waals surface area contributed by atoms with Crippen molar-refractivity contribution in [3.8, 4) is 0 Å². The van der Waals surface area contributed by atoms with E-state index < -0.39 is 5.60 Å². The Morgan fingerprint density at radius 3 is 2.92 bits per heavy atom. The molecule has 3 N–H and O–H groups in total. The third-order valence-corrected chi connectivity index (χ3v) is 2.31. The molecule has 0 spiro atoms. The van der Waals surface area contributed by atoms with Gasteiger partial charge >= 0.3 is 0 Å². The Labute approximate surface area is 72.3 Å². The first kappa shape index (κ1) is 9.48. The number of carbonyl (C=O) groups is 1. The summed E-state index contributed by atoms with van der Waals surface area (Å²) in [6, 6.07) is 0. The Hall–Kier alpha value is -0.610. The second-order valence-electron chi connectivity index (χ2n) is 3.21. The zero-order chi connectivity index (χ0) is 9.03. The van der Waals surface area contributed by atoms with Gasteiger partial charge in [0.25, 0.3) is 5.91 Å². The number of aliphatic hydroxyl groups is 1. The van der Waals surface area contributed by atoms with Crippen LogP contribution in [0.1, 0.15) is 19.3 Å². The molecule has 1 aliphatic heterocycles. The molecule has 1 aliphatic rings. The lowest BCUT2D eigenvalue weighted by Gasteiger charge is -2.23. The zero-order valence-electron chi connectivity index (χ0n) is 7.39. The standard InChI is InChI=1S/C8H16N2O2/c1-9-7(11)8(12)3-2-5-10-6-4-8/h10,12H,2-6H2,1H3,(H,9,11). The summed E-state index contributed by atoms with van der Waals surface area (Å²) in [5.74, 6) is -0.258. The molecule has 0 aromatic carbocycles. The van der Waals surface area contributed by atoms with Gasteiger partial charge in [-0.1, -0.05) is 0 Å². The quantitative estimate of drug-likeness (QED) is 0.487. The maximum atomic E-state index is 11.3. The van der Waals surface area contributed by atoms with Crippen molar-refractivity contribution >= 4 is 5.91 Å². The van der Waals surface area contributed by atoms with Gasteiger partial charge < -0.3 is 15.7 Å². The van der Waals surface area contributed by atoms with E-state index in [4.69, 9.17) is 0 Å².